The highest BCUT2D eigenvalue weighted by atomic mass is 16.5. The highest BCUT2D eigenvalue weighted by Crippen LogP contribution is 2.23. The van der Waals surface area contributed by atoms with Crippen molar-refractivity contribution < 1.29 is 9.53 Å². The highest BCUT2D eigenvalue weighted by molar-refractivity contribution is 5.99. The van der Waals surface area contributed by atoms with Crippen molar-refractivity contribution in [3.8, 4) is 11.4 Å². The summed E-state index contributed by atoms with van der Waals surface area (Å²) in [5.41, 5.74) is 2.60. The van der Waals surface area contributed by atoms with Crippen molar-refractivity contribution in [2.75, 3.05) is 41.8 Å². The predicted octanol–water partition coefficient (Wildman–Crippen LogP) is 3.33. The number of nitrogens with zero attached hydrogens (tertiary/aromatic N) is 4. The van der Waals surface area contributed by atoms with E-state index in [2.05, 4.69) is 25.5 Å². The molecule has 2 amide bonds. The second kappa shape index (κ2) is 8.66. The van der Waals surface area contributed by atoms with Crippen molar-refractivity contribution in [3.63, 3.8) is 0 Å². The van der Waals surface area contributed by atoms with Crippen LogP contribution in [0.4, 0.5) is 22.1 Å². The molecule has 0 radical (unpaired) electrons. The number of carbonyl (C=O) groups excluding carboxylic acids is 1. The zero-order chi connectivity index (χ0) is 20.1. The molecule has 1 aromatic carbocycles. The Hall–Kier alpha value is -3.52. The van der Waals surface area contributed by atoms with Crippen LogP contribution in [0.5, 0.6) is 0 Å². The van der Waals surface area contributed by atoms with Crippen LogP contribution in [0.3, 0.4) is 0 Å². The average Bonchev–Trinajstić information content (AvgIpc) is 2.76. The molecule has 29 heavy (non-hydrogen) atoms. The van der Waals surface area contributed by atoms with E-state index in [1.54, 1.807) is 18.3 Å². The summed E-state index contributed by atoms with van der Waals surface area (Å²) >= 11 is 0. The molecule has 1 saturated heterocycles. The fourth-order valence-electron chi connectivity index (χ4n) is 3.09. The number of ether oxygens (including phenoxy) is 1. The van der Waals surface area contributed by atoms with Gasteiger partial charge in [0.15, 0.2) is 5.82 Å². The van der Waals surface area contributed by atoms with Crippen molar-refractivity contribution in [2.45, 2.75) is 6.92 Å². The molecule has 0 spiro atoms. The topological polar surface area (TPSA) is 92.3 Å². The molecule has 0 aliphatic carbocycles. The van der Waals surface area contributed by atoms with E-state index in [0.29, 0.717) is 30.5 Å². The lowest BCUT2D eigenvalue weighted by Crippen LogP contribution is -2.37. The lowest BCUT2D eigenvalue weighted by Gasteiger charge is -2.29. The Labute approximate surface area is 169 Å². The van der Waals surface area contributed by atoms with Crippen LogP contribution in [0.15, 0.2) is 54.9 Å². The van der Waals surface area contributed by atoms with Gasteiger partial charge in [-0.2, -0.15) is 0 Å². The Morgan fingerprint density at radius 1 is 1.03 bits per heavy atom. The maximum atomic E-state index is 12.1. The number of pyridine rings is 1. The molecule has 1 aliphatic heterocycles. The summed E-state index contributed by atoms with van der Waals surface area (Å²) in [5, 5.41) is 5.47. The smallest absolute Gasteiger partial charge is 0.324 e. The van der Waals surface area contributed by atoms with Gasteiger partial charge >= 0.3 is 6.03 Å². The van der Waals surface area contributed by atoms with Crippen LogP contribution in [0.2, 0.25) is 0 Å². The molecular weight excluding hydrogens is 368 g/mol. The molecule has 0 bridgehead atoms. The molecule has 1 fully saturated rings. The SMILES string of the molecule is Cc1cnc(-c2ccc(NC(=O)Nc3ccccn3)cc2)nc1N1CCOCC1. The van der Waals surface area contributed by atoms with Crippen LogP contribution in [0.25, 0.3) is 11.4 Å². The molecule has 2 aromatic heterocycles. The molecule has 4 rings (SSSR count). The van der Waals surface area contributed by atoms with E-state index in [1.807, 2.05) is 43.5 Å². The number of amides is 2. The number of benzene rings is 1. The van der Waals surface area contributed by atoms with Crippen molar-refractivity contribution in [1.82, 2.24) is 15.0 Å². The lowest BCUT2D eigenvalue weighted by atomic mass is 10.2. The Kier molecular flexibility index (Phi) is 5.62. The first-order valence-corrected chi connectivity index (χ1v) is 9.45. The molecule has 0 unspecified atom stereocenters. The second-order valence-electron chi connectivity index (χ2n) is 6.67. The Morgan fingerprint density at radius 3 is 2.55 bits per heavy atom. The van der Waals surface area contributed by atoms with Gasteiger partial charge in [0, 0.05) is 42.3 Å². The van der Waals surface area contributed by atoms with Crippen LogP contribution in [-0.4, -0.2) is 47.3 Å². The summed E-state index contributed by atoms with van der Waals surface area (Å²) in [5.74, 6) is 2.09. The van der Waals surface area contributed by atoms with Gasteiger partial charge in [-0.25, -0.2) is 19.7 Å². The minimum atomic E-state index is -0.349. The zero-order valence-corrected chi connectivity index (χ0v) is 16.1. The molecule has 3 aromatic rings. The Morgan fingerprint density at radius 2 is 1.83 bits per heavy atom. The molecule has 2 N–H and O–H groups in total. The normalized spacial score (nSPS) is 13.8. The van der Waals surface area contributed by atoms with E-state index < -0.39 is 0 Å². The summed E-state index contributed by atoms with van der Waals surface area (Å²) < 4.78 is 5.43. The minimum absolute atomic E-state index is 0.349. The third-order valence-corrected chi connectivity index (χ3v) is 4.56. The van der Waals surface area contributed by atoms with Gasteiger partial charge in [-0.05, 0) is 43.3 Å². The molecular formula is C21H22N6O2. The fraction of sp³-hybridized carbons (Fsp3) is 0.238. The number of hydrogen-bond donors (Lipinski definition) is 2. The third kappa shape index (κ3) is 4.67. The van der Waals surface area contributed by atoms with Crippen molar-refractivity contribution in [3.05, 3.63) is 60.4 Å². The maximum Gasteiger partial charge on any atom is 0.324 e. The van der Waals surface area contributed by atoms with Gasteiger partial charge < -0.3 is 15.0 Å². The van der Waals surface area contributed by atoms with Gasteiger partial charge in [0.25, 0.3) is 0 Å². The average molecular weight is 390 g/mol. The number of hydrogen-bond acceptors (Lipinski definition) is 6. The number of aromatic nitrogens is 3. The standard InChI is InChI=1S/C21H22N6O2/c1-15-14-23-19(26-20(15)27-10-12-29-13-11-27)16-5-7-17(8-6-16)24-21(28)25-18-4-2-3-9-22-18/h2-9,14H,10-13H2,1H3,(H2,22,24,25,28). The minimum Gasteiger partial charge on any atom is -0.378 e. The molecule has 8 heteroatoms. The first-order chi connectivity index (χ1) is 14.2. The quantitative estimate of drug-likeness (QED) is 0.710. The summed E-state index contributed by atoms with van der Waals surface area (Å²) in [6.07, 6.45) is 3.47. The van der Waals surface area contributed by atoms with Gasteiger partial charge in [0.2, 0.25) is 0 Å². The molecule has 3 heterocycles. The van der Waals surface area contributed by atoms with Crippen LogP contribution in [0, 0.1) is 6.92 Å². The third-order valence-electron chi connectivity index (χ3n) is 4.56. The Bertz CT molecular complexity index is 972. The molecule has 0 saturated carbocycles. The summed E-state index contributed by atoms with van der Waals surface area (Å²) in [6.45, 7) is 5.08. The summed E-state index contributed by atoms with van der Waals surface area (Å²) in [4.78, 5) is 27.6. The van der Waals surface area contributed by atoms with E-state index in [4.69, 9.17) is 9.72 Å². The second-order valence-corrected chi connectivity index (χ2v) is 6.67. The van der Waals surface area contributed by atoms with Crippen molar-refractivity contribution >= 4 is 23.4 Å². The zero-order valence-electron chi connectivity index (χ0n) is 16.1. The first kappa shape index (κ1) is 18.8. The van der Waals surface area contributed by atoms with Gasteiger partial charge in [-0.1, -0.05) is 6.07 Å². The van der Waals surface area contributed by atoms with E-state index in [0.717, 1.165) is 30.0 Å². The van der Waals surface area contributed by atoms with Gasteiger partial charge in [-0.15, -0.1) is 0 Å². The van der Waals surface area contributed by atoms with Crippen LogP contribution in [-0.2, 0) is 4.74 Å². The van der Waals surface area contributed by atoms with Crippen molar-refractivity contribution in [2.24, 2.45) is 0 Å². The fourth-order valence-corrected chi connectivity index (χ4v) is 3.09. The molecule has 0 atom stereocenters. The summed E-state index contributed by atoms with van der Waals surface area (Å²) in [7, 11) is 0. The maximum absolute atomic E-state index is 12.1. The number of rotatable bonds is 4. The molecule has 148 valence electrons. The van der Waals surface area contributed by atoms with Crippen LogP contribution in [0.1, 0.15) is 5.56 Å². The van der Waals surface area contributed by atoms with Crippen LogP contribution < -0.4 is 15.5 Å². The number of nitrogens with one attached hydrogen (secondary N) is 2. The summed E-state index contributed by atoms with van der Waals surface area (Å²) in [6, 6.07) is 12.4. The number of urea groups is 1. The van der Waals surface area contributed by atoms with Gasteiger partial charge in [-0.3, -0.25) is 5.32 Å². The lowest BCUT2D eigenvalue weighted by molar-refractivity contribution is 0.122. The first-order valence-electron chi connectivity index (χ1n) is 9.45. The van der Waals surface area contributed by atoms with E-state index in [-0.39, 0.29) is 6.03 Å². The number of aryl methyl sites for hydroxylation is 1. The van der Waals surface area contributed by atoms with E-state index >= 15 is 0 Å². The Balaban J connectivity index is 1.45. The number of morpholine rings is 1. The highest BCUT2D eigenvalue weighted by Gasteiger charge is 2.16. The number of carbonyl (C=O) groups is 1. The molecule has 8 nitrogen and oxygen atoms in total. The monoisotopic (exact) mass is 390 g/mol. The van der Waals surface area contributed by atoms with E-state index in [9.17, 15) is 4.79 Å². The van der Waals surface area contributed by atoms with Crippen molar-refractivity contribution in [1.29, 1.82) is 0 Å². The number of anilines is 3. The van der Waals surface area contributed by atoms with Gasteiger partial charge in [0.1, 0.15) is 11.6 Å². The van der Waals surface area contributed by atoms with Crippen LogP contribution >= 0.6 is 0 Å². The van der Waals surface area contributed by atoms with Gasteiger partial charge in [0.05, 0.1) is 13.2 Å². The largest absolute Gasteiger partial charge is 0.378 e. The predicted molar refractivity (Wildman–Crippen MR) is 112 cm³/mol. The molecule has 1 aliphatic rings. The van der Waals surface area contributed by atoms with E-state index in [1.165, 1.54) is 0 Å².